The number of amides is 2. The largest absolute Gasteiger partial charge is 0.452 e. The molecule has 0 aromatic heterocycles. The highest BCUT2D eigenvalue weighted by atomic mass is 16.5. The molecule has 0 spiro atoms. The second kappa shape index (κ2) is 11.3. The summed E-state index contributed by atoms with van der Waals surface area (Å²) in [6.07, 6.45) is -0.975. The summed E-state index contributed by atoms with van der Waals surface area (Å²) in [6, 6.07) is 14.7. The number of carbonyl (C=O) groups is 3. The fourth-order valence-corrected chi connectivity index (χ4v) is 3.33. The van der Waals surface area contributed by atoms with Gasteiger partial charge in [-0.3, -0.25) is 14.4 Å². The Balaban J connectivity index is 1.40. The van der Waals surface area contributed by atoms with E-state index in [1.807, 2.05) is 43.3 Å². The van der Waals surface area contributed by atoms with Crippen molar-refractivity contribution in [2.75, 3.05) is 43.1 Å². The Labute approximate surface area is 187 Å². The van der Waals surface area contributed by atoms with Crippen LogP contribution in [0.25, 0.3) is 0 Å². The number of nitrogens with zero attached hydrogens (tertiary/aromatic N) is 1. The van der Waals surface area contributed by atoms with E-state index in [-0.39, 0.29) is 18.9 Å². The fraction of sp³-hybridized carbons (Fsp3) is 0.375. The van der Waals surface area contributed by atoms with Gasteiger partial charge < -0.3 is 25.0 Å². The molecule has 1 unspecified atom stereocenters. The Hall–Kier alpha value is -3.39. The average Bonchev–Trinajstić information content (AvgIpc) is 2.80. The molecule has 0 radical (unpaired) electrons. The van der Waals surface area contributed by atoms with Gasteiger partial charge in [-0.1, -0.05) is 18.2 Å². The number of benzene rings is 2. The van der Waals surface area contributed by atoms with E-state index in [9.17, 15) is 14.4 Å². The molecule has 170 valence electrons. The summed E-state index contributed by atoms with van der Waals surface area (Å²) in [4.78, 5) is 38.8. The molecule has 1 saturated heterocycles. The van der Waals surface area contributed by atoms with E-state index in [1.54, 1.807) is 12.1 Å². The minimum atomic E-state index is -0.950. The molecule has 8 nitrogen and oxygen atoms in total. The first-order chi connectivity index (χ1) is 15.4. The summed E-state index contributed by atoms with van der Waals surface area (Å²) in [5.41, 5.74) is 3.11. The molecular formula is C24H29N3O5. The predicted molar refractivity (Wildman–Crippen MR) is 122 cm³/mol. The van der Waals surface area contributed by atoms with E-state index in [0.717, 1.165) is 24.3 Å². The summed E-state index contributed by atoms with van der Waals surface area (Å²) in [5, 5.41) is 5.44. The first-order valence-corrected chi connectivity index (χ1v) is 10.7. The lowest BCUT2D eigenvalue weighted by Gasteiger charge is -2.28. The Morgan fingerprint density at radius 1 is 1.06 bits per heavy atom. The summed E-state index contributed by atoms with van der Waals surface area (Å²) >= 11 is 0. The molecule has 1 fully saturated rings. The topological polar surface area (TPSA) is 97.0 Å². The lowest BCUT2D eigenvalue weighted by Crippen LogP contribution is -2.36. The number of aryl methyl sites for hydroxylation is 1. The lowest BCUT2D eigenvalue weighted by atomic mass is 10.1. The van der Waals surface area contributed by atoms with E-state index in [4.69, 9.17) is 9.47 Å². The Kier molecular flexibility index (Phi) is 8.21. The Morgan fingerprint density at radius 2 is 1.75 bits per heavy atom. The van der Waals surface area contributed by atoms with Gasteiger partial charge in [0.25, 0.3) is 11.8 Å². The number of anilines is 2. The molecule has 3 rings (SSSR count). The quantitative estimate of drug-likeness (QED) is 0.614. The van der Waals surface area contributed by atoms with Gasteiger partial charge in [-0.05, 0) is 49.7 Å². The summed E-state index contributed by atoms with van der Waals surface area (Å²) < 4.78 is 10.5. The van der Waals surface area contributed by atoms with Crippen LogP contribution in [0.1, 0.15) is 29.3 Å². The van der Waals surface area contributed by atoms with Crippen LogP contribution in [0.2, 0.25) is 0 Å². The van der Waals surface area contributed by atoms with Gasteiger partial charge in [0, 0.05) is 36.6 Å². The van der Waals surface area contributed by atoms with E-state index in [0.29, 0.717) is 24.5 Å². The van der Waals surface area contributed by atoms with Crippen LogP contribution in [0.5, 0.6) is 0 Å². The van der Waals surface area contributed by atoms with Crippen molar-refractivity contribution in [1.29, 1.82) is 0 Å². The van der Waals surface area contributed by atoms with Crippen molar-refractivity contribution >= 4 is 29.2 Å². The maximum Gasteiger partial charge on any atom is 0.308 e. The van der Waals surface area contributed by atoms with Gasteiger partial charge in [0.15, 0.2) is 6.10 Å². The van der Waals surface area contributed by atoms with Gasteiger partial charge in [0.05, 0.1) is 19.6 Å². The van der Waals surface area contributed by atoms with Crippen LogP contribution in [-0.2, 0) is 19.1 Å². The second-order valence-electron chi connectivity index (χ2n) is 7.59. The fourth-order valence-electron chi connectivity index (χ4n) is 3.33. The van der Waals surface area contributed by atoms with Gasteiger partial charge in [0.1, 0.15) is 0 Å². The molecular weight excluding hydrogens is 410 g/mol. The molecule has 1 heterocycles. The van der Waals surface area contributed by atoms with Crippen LogP contribution in [-0.4, -0.2) is 56.7 Å². The van der Waals surface area contributed by atoms with Gasteiger partial charge in [-0.15, -0.1) is 0 Å². The van der Waals surface area contributed by atoms with Crippen molar-refractivity contribution in [1.82, 2.24) is 5.32 Å². The number of ether oxygens (including phenoxy) is 2. The number of hydrogen-bond donors (Lipinski definition) is 2. The van der Waals surface area contributed by atoms with Crippen LogP contribution >= 0.6 is 0 Å². The molecule has 32 heavy (non-hydrogen) atoms. The van der Waals surface area contributed by atoms with Gasteiger partial charge in [0.2, 0.25) is 0 Å². The third kappa shape index (κ3) is 6.55. The lowest BCUT2D eigenvalue weighted by molar-refractivity contribution is -0.153. The van der Waals surface area contributed by atoms with Crippen molar-refractivity contribution < 1.29 is 23.9 Å². The monoisotopic (exact) mass is 439 g/mol. The predicted octanol–water partition coefficient (Wildman–Crippen LogP) is 2.52. The molecule has 2 amide bonds. The first kappa shape index (κ1) is 23.3. The smallest absolute Gasteiger partial charge is 0.308 e. The highest BCUT2D eigenvalue weighted by Gasteiger charge is 2.19. The zero-order valence-electron chi connectivity index (χ0n) is 18.4. The normalized spacial score (nSPS) is 14.4. The first-order valence-electron chi connectivity index (χ1n) is 10.7. The Bertz CT molecular complexity index is 939. The van der Waals surface area contributed by atoms with Crippen LogP contribution in [0.4, 0.5) is 11.4 Å². The van der Waals surface area contributed by atoms with Crippen molar-refractivity contribution in [3.63, 3.8) is 0 Å². The summed E-state index contributed by atoms with van der Waals surface area (Å²) in [6.45, 7) is 6.58. The van der Waals surface area contributed by atoms with E-state index >= 15 is 0 Å². The maximum absolute atomic E-state index is 12.4. The molecule has 1 aliphatic heterocycles. The van der Waals surface area contributed by atoms with Crippen molar-refractivity contribution in [2.45, 2.75) is 26.4 Å². The molecule has 2 aromatic carbocycles. The van der Waals surface area contributed by atoms with E-state index < -0.39 is 18.0 Å². The number of rotatable bonds is 8. The molecule has 8 heteroatoms. The minimum Gasteiger partial charge on any atom is -0.452 e. The average molecular weight is 440 g/mol. The highest BCUT2D eigenvalue weighted by molar-refractivity contribution is 5.96. The number of nitrogens with one attached hydrogen (secondary N) is 2. The molecule has 0 aliphatic carbocycles. The second-order valence-corrected chi connectivity index (χ2v) is 7.59. The zero-order valence-corrected chi connectivity index (χ0v) is 18.4. The van der Waals surface area contributed by atoms with Gasteiger partial charge >= 0.3 is 5.97 Å². The van der Waals surface area contributed by atoms with Gasteiger partial charge in [-0.25, -0.2) is 0 Å². The molecule has 2 N–H and O–H groups in total. The Morgan fingerprint density at radius 3 is 2.44 bits per heavy atom. The number of carbonyl (C=O) groups excluding carboxylic acids is 3. The third-order valence-corrected chi connectivity index (χ3v) is 5.19. The van der Waals surface area contributed by atoms with E-state index in [1.165, 1.54) is 6.92 Å². The molecule has 0 bridgehead atoms. The van der Waals surface area contributed by atoms with Crippen molar-refractivity contribution in [3.05, 3.63) is 59.7 Å². The third-order valence-electron chi connectivity index (χ3n) is 5.19. The van der Waals surface area contributed by atoms with Crippen molar-refractivity contribution in [2.24, 2.45) is 0 Å². The maximum atomic E-state index is 12.4. The van der Waals surface area contributed by atoms with Crippen LogP contribution in [0.3, 0.4) is 0 Å². The van der Waals surface area contributed by atoms with Crippen molar-refractivity contribution in [3.8, 4) is 0 Å². The number of hydrogen-bond acceptors (Lipinski definition) is 6. The molecule has 2 aromatic rings. The number of morpholine rings is 1. The minimum absolute atomic E-state index is 0.0243. The highest BCUT2D eigenvalue weighted by Crippen LogP contribution is 2.19. The SMILES string of the molecule is Cc1ccccc1C(=O)NCCC(=O)OC(C)C(=O)Nc1ccc(N2CCOCC2)cc1. The van der Waals surface area contributed by atoms with Gasteiger partial charge in [-0.2, -0.15) is 0 Å². The van der Waals surface area contributed by atoms with E-state index in [2.05, 4.69) is 15.5 Å². The molecule has 0 saturated carbocycles. The summed E-state index contributed by atoms with van der Waals surface area (Å²) in [7, 11) is 0. The molecule has 1 aliphatic rings. The van der Waals surface area contributed by atoms with Crippen LogP contribution in [0.15, 0.2) is 48.5 Å². The van der Waals surface area contributed by atoms with Crippen LogP contribution in [0, 0.1) is 6.92 Å². The number of esters is 1. The summed E-state index contributed by atoms with van der Waals surface area (Å²) in [5.74, 6) is -1.22. The molecule has 1 atom stereocenters. The van der Waals surface area contributed by atoms with Crippen LogP contribution < -0.4 is 15.5 Å². The zero-order chi connectivity index (χ0) is 22.9. The standard InChI is InChI=1S/C24H29N3O5/c1-17-5-3-4-6-21(17)24(30)25-12-11-22(28)32-18(2)23(29)26-19-7-9-20(10-8-19)27-13-15-31-16-14-27/h3-10,18H,11-16H2,1-2H3,(H,25,30)(H,26,29).